The molecule has 1 unspecified atom stereocenters. The first kappa shape index (κ1) is 18.0. The first-order valence-corrected chi connectivity index (χ1v) is 9.43. The number of hydrogen-bond acceptors (Lipinski definition) is 4. The van der Waals surface area contributed by atoms with Crippen LogP contribution in [0.15, 0.2) is 42.5 Å². The molecular weight excluding hydrogens is 358 g/mol. The molecule has 1 atom stereocenters. The quantitative estimate of drug-likeness (QED) is 0.757. The third-order valence-corrected chi connectivity index (χ3v) is 5.81. The maximum Gasteiger partial charge on any atom is 0.233 e. The number of hydrogen-bond donors (Lipinski definition) is 0. The molecule has 1 amide bonds. The lowest BCUT2D eigenvalue weighted by Gasteiger charge is -2.25. The molecule has 0 spiro atoms. The van der Waals surface area contributed by atoms with E-state index in [0.717, 1.165) is 17.5 Å². The van der Waals surface area contributed by atoms with Crippen molar-refractivity contribution in [3.8, 4) is 11.5 Å². The van der Waals surface area contributed by atoms with Gasteiger partial charge < -0.3 is 14.4 Å². The van der Waals surface area contributed by atoms with Gasteiger partial charge >= 0.3 is 0 Å². The fourth-order valence-corrected chi connectivity index (χ4v) is 4.47. The standard InChI is InChI=1S/C19H20ClNO3S/c1-23-16-8-7-13(11-17(16)24-2)9-10-21-18(22)12-25-19(21)14-5-3-4-6-15(14)20/h3-8,11,19H,9-10,12H2,1-2H3. The number of carbonyl (C=O) groups excluding carboxylic acids is 1. The summed E-state index contributed by atoms with van der Waals surface area (Å²) in [4.78, 5) is 14.2. The van der Waals surface area contributed by atoms with E-state index in [0.29, 0.717) is 28.8 Å². The Balaban J connectivity index is 1.75. The molecule has 2 aromatic rings. The molecule has 4 nitrogen and oxygen atoms in total. The van der Waals surface area contributed by atoms with Crippen LogP contribution in [0.5, 0.6) is 11.5 Å². The van der Waals surface area contributed by atoms with Crippen LogP contribution in [0.2, 0.25) is 5.02 Å². The number of methoxy groups -OCH3 is 2. The molecule has 0 aromatic heterocycles. The lowest BCUT2D eigenvalue weighted by molar-refractivity contribution is -0.128. The second-order valence-electron chi connectivity index (χ2n) is 5.71. The number of rotatable bonds is 6. The van der Waals surface area contributed by atoms with Crippen LogP contribution in [-0.4, -0.2) is 37.3 Å². The summed E-state index contributed by atoms with van der Waals surface area (Å²) in [5, 5.41) is 0.673. The van der Waals surface area contributed by atoms with Gasteiger partial charge in [0.1, 0.15) is 5.37 Å². The van der Waals surface area contributed by atoms with Crippen molar-refractivity contribution in [3.63, 3.8) is 0 Å². The van der Waals surface area contributed by atoms with Crippen molar-refractivity contribution in [2.75, 3.05) is 26.5 Å². The number of ether oxygens (including phenoxy) is 2. The van der Waals surface area contributed by atoms with Crippen molar-refractivity contribution >= 4 is 29.3 Å². The van der Waals surface area contributed by atoms with Gasteiger partial charge in [0, 0.05) is 17.1 Å². The Hall–Kier alpha value is -1.85. The smallest absolute Gasteiger partial charge is 0.233 e. The average molecular weight is 378 g/mol. The fourth-order valence-electron chi connectivity index (χ4n) is 2.91. The van der Waals surface area contributed by atoms with E-state index in [4.69, 9.17) is 21.1 Å². The van der Waals surface area contributed by atoms with Gasteiger partial charge in [-0.05, 0) is 30.2 Å². The Morgan fingerprint density at radius 1 is 1.16 bits per heavy atom. The van der Waals surface area contributed by atoms with Crippen LogP contribution < -0.4 is 9.47 Å². The highest BCUT2D eigenvalue weighted by molar-refractivity contribution is 8.00. The molecule has 1 saturated heterocycles. The minimum absolute atomic E-state index is 0.0265. The van der Waals surface area contributed by atoms with E-state index in [1.54, 1.807) is 26.0 Å². The average Bonchev–Trinajstić information content (AvgIpc) is 3.00. The molecule has 1 fully saturated rings. The number of thioether (sulfide) groups is 1. The maximum absolute atomic E-state index is 12.3. The number of benzene rings is 2. The summed E-state index contributed by atoms with van der Waals surface area (Å²) >= 11 is 7.95. The minimum atomic E-state index is -0.0265. The molecule has 132 valence electrons. The van der Waals surface area contributed by atoms with Gasteiger partial charge in [0.25, 0.3) is 0 Å². The Labute approximate surface area is 157 Å². The highest BCUT2D eigenvalue weighted by Crippen LogP contribution is 2.41. The van der Waals surface area contributed by atoms with Crippen molar-refractivity contribution in [2.45, 2.75) is 11.8 Å². The van der Waals surface area contributed by atoms with Crippen molar-refractivity contribution < 1.29 is 14.3 Å². The second kappa shape index (κ2) is 8.02. The summed E-state index contributed by atoms with van der Waals surface area (Å²) in [6.07, 6.45) is 0.744. The number of carbonyl (C=O) groups is 1. The van der Waals surface area contributed by atoms with E-state index in [9.17, 15) is 4.79 Å². The van der Waals surface area contributed by atoms with E-state index >= 15 is 0 Å². The van der Waals surface area contributed by atoms with Gasteiger partial charge in [0.2, 0.25) is 5.91 Å². The Morgan fingerprint density at radius 3 is 2.64 bits per heavy atom. The summed E-state index contributed by atoms with van der Waals surface area (Å²) in [6.45, 7) is 0.636. The highest BCUT2D eigenvalue weighted by Gasteiger charge is 2.33. The van der Waals surface area contributed by atoms with Crippen molar-refractivity contribution in [1.82, 2.24) is 4.90 Å². The van der Waals surface area contributed by atoms with E-state index < -0.39 is 0 Å². The summed E-state index contributed by atoms with van der Waals surface area (Å²) < 4.78 is 10.6. The van der Waals surface area contributed by atoms with E-state index in [1.165, 1.54) is 0 Å². The lowest BCUT2D eigenvalue weighted by Crippen LogP contribution is -2.30. The Kier molecular flexibility index (Phi) is 5.76. The highest BCUT2D eigenvalue weighted by atomic mass is 35.5. The molecule has 25 heavy (non-hydrogen) atoms. The predicted octanol–water partition coefficient (Wildman–Crippen LogP) is 4.17. The number of amides is 1. The van der Waals surface area contributed by atoms with Crippen molar-refractivity contribution in [3.05, 3.63) is 58.6 Å². The topological polar surface area (TPSA) is 38.8 Å². The van der Waals surface area contributed by atoms with Crippen LogP contribution in [0.4, 0.5) is 0 Å². The third kappa shape index (κ3) is 3.88. The first-order chi connectivity index (χ1) is 12.1. The van der Waals surface area contributed by atoms with Gasteiger partial charge in [-0.2, -0.15) is 0 Å². The van der Waals surface area contributed by atoms with Gasteiger partial charge in [0.05, 0.1) is 20.0 Å². The molecule has 1 aliphatic rings. The minimum Gasteiger partial charge on any atom is -0.493 e. The van der Waals surface area contributed by atoms with Crippen LogP contribution in [0, 0.1) is 0 Å². The van der Waals surface area contributed by atoms with Gasteiger partial charge in [-0.3, -0.25) is 4.79 Å². The van der Waals surface area contributed by atoms with Gasteiger partial charge in [-0.1, -0.05) is 35.9 Å². The molecule has 0 saturated carbocycles. The van der Waals surface area contributed by atoms with Crippen LogP contribution in [-0.2, 0) is 11.2 Å². The molecule has 2 aromatic carbocycles. The van der Waals surface area contributed by atoms with E-state index in [1.807, 2.05) is 47.4 Å². The molecular formula is C19H20ClNO3S. The molecule has 0 radical (unpaired) electrons. The zero-order valence-electron chi connectivity index (χ0n) is 14.2. The van der Waals surface area contributed by atoms with Gasteiger partial charge in [-0.15, -0.1) is 11.8 Å². The largest absolute Gasteiger partial charge is 0.493 e. The Morgan fingerprint density at radius 2 is 1.92 bits per heavy atom. The van der Waals surface area contributed by atoms with E-state index in [2.05, 4.69) is 0 Å². The zero-order chi connectivity index (χ0) is 17.8. The maximum atomic E-state index is 12.3. The molecule has 0 N–H and O–H groups in total. The molecule has 6 heteroatoms. The fraction of sp³-hybridized carbons (Fsp3) is 0.316. The Bertz CT molecular complexity index is 768. The summed E-state index contributed by atoms with van der Waals surface area (Å²) in [5.74, 6) is 2.04. The first-order valence-electron chi connectivity index (χ1n) is 8.00. The van der Waals surface area contributed by atoms with Crippen molar-refractivity contribution in [1.29, 1.82) is 0 Å². The predicted molar refractivity (Wildman–Crippen MR) is 102 cm³/mol. The third-order valence-electron chi connectivity index (χ3n) is 4.23. The molecule has 3 rings (SSSR count). The molecule has 0 bridgehead atoms. The zero-order valence-corrected chi connectivity index (χ0v) is 15.8. The molecule has 0 aliphatic carbocycles. The van der Waals surface area contributed by atoms with Gasteiger partial charge in [0.15, 0.2) is 11.5 Å². The van der Waals surface area contributed by atoms with Crippen LogP contribution >= 0.6 is 23.4 Å². The SMILES string of the molecule is COc1ccc(CCN2C(=O)CSC2c2ccccc2Cl)cc1OC. The molecule has 1 aliphatic heterocycles. The normalized spacial score (nSPS) is 17.0. The van der Waals surface area contributed by atoms with E-state index in [-0.39, 0.29) is 11.3 Å². The number of nitrogens with zero attached hydrogens (tertiary/aromatic N) is 1. The van der Waals surface area contributed by atoms with Gasteiger partial charge in [-0.25, -0.2) is 0 Å². The summed E-state index contributed by atoms with van der Waals surface area (Å²) in [5.41, 5.74) is 2.09. The van der Waals surface area contributed by atoms with Crippen molar-refractivity contribution in [2.24, 2.45) is 0 Å². The lowest BCUT2D eigenvalue weighted by atomic mass is 10.1. The number of halogens is 1. The van der Waals surface area contributed by atoms with Crippen LogP contribution in [0.3, 0.4) is 0 Å². The molecule has 1 heterocycles. The van der Waals surface area contributed by atoms with Crippen LogP contribution in [0.25, 0.3) is 0 Å². The summed E-state index contributed by atoms with van der Waals surface area (Å²) in [6, 6.07) is 13.6. The second-order valence-corrected chi connectivity index (χ2v) is 7.19. The van der Waals surface area contributed by atoms with Crippen LogP contribution in [0.1, 0.15) is 16.5 Å². The summed E-state index contributed by atoms with van der Waals surface area (Å²) in [7, 11) is 3.24. The monoisotopic (exact) mass is 377 g/mol.